The molecule has 0 saturated heterocycles. The molecule has 2 heterocycles. The van der Waals surface area contributed by atoms with Crippen LogP contribution in [-0.2, 0) is 0 Å². The van der Waals surface area contributed by atoms with Gasteiger partial charge in [0, 0.05) is 23.8 Å². The number of nitrogens with one attached hydrogen (secondary N) is 2. The largest absolute Gasteiger partial charge is 0.359 e. The summed E-state index contributed by atoms with van der Waals surface area (Å²) in [5.74, 6) is -2.21. The van der Waals surface area contributed by atoms with Crippen molar-refractivity contribution in [1.82, 2.24) is 14.8 Å². The molecule has 2 N–H and O–H groups in total. The summed E-state index contributed by atoms with van der Waals surface area (Å²) in [6, 6.07) is 2.49. The minimum absolute atomic E-state index is 0.326. The quantitative estimate of drug-likeness (QED) is 0.740. The van der Waals surface area contributed by atoms with E-state index in [4.69, 9.17) is 0 Å². The Morgan fingerprint density at radius 3 is 2.76 bits per heavy atom. The number of fused-ring (bicyclic) bond motifs is 1. The van der Waals surface area contributed by atoms with Gasteiger partial charge in [-0.05, 0) is 18.9 Å². The molecular weight excluding hydrogens is 326 g/mol. The number of anilines is 1. The van der Waals surface area contributed by atoms with E-state index in [-0.39, 0.29) is 5.91 Å². The molecular formula is C18H18F2N4O. The fourth-order valence-corrected chi connectivity index (χ4v) is 3.42. The second-order valence-corrected chi connectivity index (χ2v) is 6.47. The molecule has 25 heavy (non-hydrogen) atoms. The minimum atomic E-state index is -0.951. The number of aromatic nitrogens is 3. The van der Waals surface area contributed by atoms with Crippen LogP contribution in [0, 0.1) is 11.6 Å². The topological polar surface area (TPSA) is 62.7 Å². The molecule has 0 unspecified atom stereocenters. The molecule has 4 rings (SSSR count). The molecule has 1 aliphatic rings. The summed E-state index contributed by atoms with van der Waals surface area (Å²) in [6.07, 6.45) is 10.6. The third-order valence-corrected chi connectivity index (χ3v) is 4.78. The van der Waals surface area contributed by atoms with Crippen LogP contribution in [0.2, 0.25) is 0 Å². The van der Waals surface area contributed by atoms with Gasteiger partial charge >= 0.3 is 0 Å². The molecule has 0 aliphatic heterocycles. The summed E-state index contributed by atoms with van der Waals surface area (Å²) in [6.45, 7) is 0. The normalized spacial score (nSPS) is 15.6. The molecule has 0 spiro atoms. The molecule has 1 fully saturated rings. The number of hydrogen-bond acceptors (Lipinski definition) is 2. The van der Waals surface area contributed by atoms with Gasteiger partial charge in [0.2, 0.25) is 0 Å². The summed E-state index contributed by atoms with van der Waals surface area (Å²) in [7, 11) is 0. The summed E-state index contributed by atoms with van der Waals surface area (Å²) < 4.78 is 28.6. The maximum absolute atomic E-state index is 13.5. The average molecular weight is 344 g/mol. The van der Waals surface area contributed by atoms with Crippen LogP contribution in [0.15, 0.2) is 30.7 Å². The smallest absolute Gasteiger partial charge is 0.258 e. The van der Waals surface area contributed by atoms with E-state index in [1.165, 1.54) is 25.5 Å². The predicted octanol–water partition coefficient (Wildman–Crippen LogP) is 4.40. The van der Waals surface area contributed by atoms with E-state index in [1.807, 2.05) is 4.68 Å². The van der Waals surface area contributed by atoms with Gasteiger partial charge in [-0.1, -0.05) is 19.3 Å². The van der Waals surface area contributed by atoms with Crippen LogP contribution >= 0.6 is 0 Å². The molecule has 7 heteroatoms. The van der Waals surface area contributed by atoms with Gasteiger partial charge in [0.1, 0.15) is 0 Å². The van der Waals surface area contributed by atoms with Gasteiger partial charge in [0.25, 0.3) is 5.91 Å². The summed E-state index contributed by atoms with van der Waals surface area (Å²) in [4.78, 5) is 15.3. The molecule has 1 amide bonds. The summed E-state index contributed by atoms with van der Waals surface area (Å²) in [5.41, 5.74) is 1.28. The van der Waals surface area contributed by atoms with Gasteiger partial charge in [-0.25, -0.2) is 8.78 Å². The number of H-pyrrole nitrogens is 1. The van der Waals surface area contributed by atoms with Crippen molar-refractivity contribution in [1.29, 1.82) is 0 Å². The molecule has 1 saturated carbocycles. The first-order valence-corrected chi connectivity index (χ1v) is 8.43. The van der Waals surface area contributed by atoms with Crippen molar-refractivity contribution in [3.05, 3.63) is 47.9 Å². The van der Waals surface area contributed by atoms with E-state index in [0.29, 0.717) is 28.2 Å². The van der Waals surface area contributed by atoms with Crippen LogP contribution in [0.5, 0.6) is 0 Å². The molecule has 2 aromatic heterocycles. The van der Waals surface area contributed by atoms with Crippen molar-refractivity contribution >= 4 is 22.5 Å². The van der Waals surface area contributed by atoms with E-state index < -0.39 is 11.6 Å². The third-order valence-electron chi connectivity index (χ3n) is 4.78. The Kier molecular flexibility index (Phi) is 3.99. The predicted molar refractivity (Wildman–Crippen MR) is 90.5 cm³/mol. The van der Waals surface area contributed by atoms with Gasteiger partial charge in [0.05, 0.1) is 29.0 Å². The van der Waals surface area contributed by atoms with Gasteiger partial charge < -0.3 is 10.3 Å². The van der Waals surface area contributed by atoms with E-state index in [0.717, 1.165) is 25.0 Å². The number of hydrogen-bond donors (Lipinski definition) is 2. The zero-order valence-electron chi connectivity index (χ0n) is 13.6. The number of carbonyl (C=O) groups is 1. The van der Waals surface area contributed by atoms with Crippen LogP contribution < -0.4 is 5.32 Å². The van der Waals surface area contributed by atoms with Crippen LogP contribution in [-0.4, -0.2) is 20.7 Å². The average Bonchev–Trinajstić information content (AvgIpc) is 3.25. The Labute approximate surface area is 143 Å². The second-order valence-electron chi connectivity index (χ2n) is 6.47. The molecule has 130 valence electrons. The van der Waals surface area contributed by atoms with Gasteiger partial charge in [-0.2, -0.15) is 5.10 Å². The molecule has 1 aliphatic carbocycles. The highest BCUT2D eigenvalue weighted by Gasteiger charge is 2.18. The monoisotopic (exact) mass is 344 g/mol. The fraction of sp³-hybridized carbons (Fsp3) is 0.333. The number of aromatic amines is 1. The van der Waals surface area contributed by atoms with Crippen LogP contribution in [0.25, 0.3) is 10.9 Å². The lowest BCUT2D eigenvalue weighted by Gasteiger charge is -2.21. The standard InChI is InChI=1S/C18H18F2N4O/c19-14-6-13-16(7-15(14)20)21-9-17(13)23-18(25)11-8-22-24(10-11)12-4-2-1-3-5-12/h6-10,12,21H,1-5H2,(H,23,25). The van der Waals surface area contributed by atoms with Crippen molar-refractivity contribution in [2.24, 2.45) is 0 Å². The SMILES string of the molecule is O=C(Nc1c[nH]c2cc(F)c(F)cc12)c1cnn(C2CCCCC2)c1. The maximum atomic E-state index is 13.5. The maximum Gasteiger partial charge on any atom is 0.258 e. The Balaban J connectivity index is 1.54. The number of nitrogens with zero attached hydrogens (tertiary/aromatic N) is 2. The van der Waals surface area contributed by atoms with Gasteiger partial charge in [-0.3, -0.25) is 9.48 Å². The number of amides is 1. The lowest BCUT2D eigenvalue weighted by Crippen LogP contribution is -2.14. The number of rotatable bonds is 3. The lowest BCUT2D eigenvalue weighted by molar-refractivity contribution is 0.102. The Morgan fingerprint density at radius 1 is 1.20 bits per heavy atom. The number of halogens is 2. The zero-order chi connectivity index (χ0) is 17.4. The molecule has 0 bridgehead atoms. The van der Waals surface area contributed by atoms with E-state index in [9.17, 15) is 13.6 Å². The first-order chi connectivity index (χ1) is 12.1. The zero-order valence-corrected chi connectivity index (χ0v) is 13.6. The highest BCUT2D eigenvalue weighted by Crippen LogP contribution is 2.28. The highest BCUT2D eigenvalue weighted by atomic mass is 19.2. The third kappa shape index (κ3) is 3.01. The second kappa shape index (κ2) is 6.31. The minimum Gasteiger partial charge on any atom is -0.359 e. The Hall–Kier alpha value is -2.70. The van der Waals surface area contributed by atoms with Gasteiger partial charge in [0.15, 0.2) is 11.6 Å². The molecule has 0 atom stereocenters. The lowest BCUT2D eigenvalue weighted by atomic mass is 9.96. The van der Waals surface area contributed by atoms with Crippen molar-refractivity contribution in [2.75, 3.05) is 5.32 Å². The van der Waals surface area contributed by atoms with Gasteiger partial charge in [-0.15, -0.1) is 0 Å². The molecule has 0 radical (unpaired) electrons. The van der Waals surface area contributed by atoms with Crippen LogP contribution in [0.4, 0.5) is 14.5 Å². The summed E-state index contributed by atoms with van der Waals surface area (Å²) >= 11 is 0. The Bertz CT molecular complexity index is 924. The van der Waals surface area contributed by atoms with Crippen molar-refractivity contribution in [3.63, 3.8) is 0 Å². The fourth-order valence-electron chi connectivity index (χ4n) is 3.42. The van der Waals surface area contributed by atoms with Crippen LogP contribution in [0.1, 0.15) is 48.5 Å². The first kappa shape index (κ1) is 15.8. The molecule has 3 aromatic rings. The molecule has 1 aromatic carbocycles. The van der Waals surface area contributed by atoms with E-state index in [1.54, 1.807) is 12.4 Å². The van der Waals surface area contributed by atoms with Crippen molar-refractivity contribution in [2.45, 2.75) is 38.1 Å². The number of benzene rings is 1. The summed E-state index contributed by atoms with van der Waals surface area (Å²) in [5, 5.41) is 7.47. The number of carbonyl (C=O) groups excluding carboxylic acids is 1. The highest BCUT2D eigenvalue weighted by molar-refractivity contribution is 6.08. The van der Waals surface area contributed by atoms with E-state index >= 15 is 0 Å². The van der Waals surface area contributed by atoms with E-state index in [2.05, 4.69) is 15.4 Å². The molecule has 5 nitrogen and oxygen atoms in total. The van der Waals surface area contributed by atoms with Crippen molar-refractivity contribution in [3.8, 4) is 0 Å². The Morgan fingerprint density at radius 2 is 1.96 bits per heavy atom. The van der Waals surface area contributed by atoms with Crippen molar-refractivity contribution < 1.29 is 13.6 Å². The first-order valence-electron chi connectivity index (χ1n) is 8.43. The van der Waals surface area contributed by atoms with Crippen LogP contribution in [0.3, 0.4) is 0 Å².